The van der Waals surface area contributed by atoms with E-state index in [0.717, 1.165) is 31.6 Å². The Kier molecular flexibility index (Phi) is 4.19. The van der Waals surface area contributed by atoms with Gasteiger partial charge in [-0.25, -0.2) is 4.98 Å². The van der Waals surface area contributed by atoms with Crippen molar-refractivity contribution in [2.24, 2.45) is 5.92 Å². The molecule has 1 aromatic rings. The van der Waals surface area contributed by atoms with E-state index in [9.17, 15) is 5.11 Å². The van der Waals surface area contributed by atoms with E-state index in [1.807, 2.05) is 23.9 Å². The lowest BCUT2D eigenvalue weighted by Crippen LogP contribution is -2.41. The van der Waals surface area contributed by atoms with Gasteiger partial charge in [-0.2, -0.15) is 11.8 Å². The minimum atomic E-state index is -0.531. The SMILES string of the molecule is COc1cccc(C(O)C2CCOC3(CCSC3)C2)n1. The van der Waals surface area contributed by atoms with Crippen LogP contribution in [0.1, 0.15) is 31.1 Å². The summed E-state index contributed by atoms with van der Waals surface area (Å²) in [5.74, 6) is 3.00. The molecule has 110 valence electrons. The van der Waals surface area contributed by atoms with Gasteiger partial charge < -0.3 is 14.6 Å². The second-order valence-electron chi connectivity index (χ2n) is 5.64. The predicted octanol–water partition coefficient (Wildman–Crippen LogP) is 2.43. The zero-order valence-electron chi connectivity index (χ0n) is 11.7. The van der Waals surface area contributed by atoms with Crippen LogP contribution in [0.5, 0.6) is 5.88 Å². The fourth-order valence-electron chi connectivity index (χ4n) is 3.15. The fraction of sp³-hybridized carbons (Fsp3) is 0.667. The largest absolute Gasteiger partial charge is 0.481 e. The van der Waals surface area contributed by atoms with Crippen LogP contribution in [0, 0.1) is 5.92 Å². The molecule has 20 heavy (non-hydrogen) atoms. The molecule has 0 aromatic carbocycles. The Morgan fingerprint density at radius 2 is 2.45 bits per heavy atom. The molecule has 0 saturated carbocycles. The third kappa shape index (κ3) is 2.80. The summed E-state index contributed by atoms with van der Waals surface area (Å²) in [7, 11) is 1.59. The lowest BCUT2D eigenvalue weighted by molar-refractivity contribution is -0.102. The van der Waals surface area contributed by atoms with Crippen LogP contribution >= 0.6 is 11.8 Å². The van der Waals surface area contributed by atoms with Crippen molar-refractivity contribution in [3.8, 4) is 5.88 Å². The third-order valence-electron chi connectivity index (χ3n) is 4.30. The van der Waals surface area contributed by atoms with Crippen LogP contribution < -0.4 is 4.74 Å². The van der Waals surface area contributed by atoms with Crippen molar-refractivity contribution < 1.29 is 14.6 Å². The van der Waals surface area contributed by atoms with E-state index >= 15 is 0 Å². The summed E-state index contributed by atoms with van der Waals surface area (Å²) in [4.78, 5) is 4.36. The van der Waals surface area contributed by atoms with Gasteiger partial charge in [0.2, 0.25) is 5.88 Å². The van der Waals surface area contributed by atoms with E-state index in [2.05, 4.69) is 4.98 Å². The molecule has 3 rings (SSSR count). The van der Waals surface area contributed by atoms with Gasteiger partial charge in [-0.05, 0) is 37.0 Å². The molecule has 0 aliphatic carbocycles. The standard InChI is InChI=1S/C15H21NO3S/c1-18-13-4-2-3-12(16-13)14(17)11-5-7-19-15(9-11)6-8-20-10-15/h2-4,11,14,17H,5-10H2,1H3. The minimum Gasteiger partial charge on any atom is -0.481 e. The van der Waals surface area contributed by atoms with E-state index in [1.54, 1.807) is 13.2 Å². The maximum absolute atomic E-state index is 10.6. The Morgan fingerprint density at radius 3 is 3.20 bits per heavy atom. The molecular formula is C15H21NO3S. The summed E-state index contributed by atoms with van der Waals surface area (Å²) < 4.78 is 11.1. The molecule has 1 aromatic heterocycles. The highest BCUT2D eigenvalue weighted by molar-refractivity contribution is 7.99. The average Bonchev–Trinajstić information content (AvgIpc) is 2.94. The molecule has 2 fully saturated rings. The summed E-state index contributed by atoms with van der Waals surface area (Å²) in [6.45, 7) is 0.742. The van der Waals surface area contributed by atoms with Crippen LogP contribution in [0.3, 0.4) is 0 Å². The molecule has 3 unspecified atom stereocenters. The van der Waals surface area contributed by atoms with Crippen LogP contribution in [-0.2, 0) is 4.74 Å². The molecule has 2 aliphatic heterocycles. The van der Waals surface area contributed by atoms with Gasteiger partial charge in [-0.15, -0.1) is 0 Å². The first kappa shape index (κ1) is 14.2. The van der Waals surface area contributed by atoms with Gasteiger partial charge in [-0.1, -0.05) is 6.07 Å². The van der Waals surface area contributed by atoms with Crippen LogP contribution in [0.15, 0.2) is 18.2 Å². The second kappa shape index (κ2) is 5.92. The number of hydrogen-bond acceptors (Lipinski definition) is 5. The highest BCUT2D eigenvalue weighted by atomic mass is 32.2. The van der Waals surface area contributed by atoms with Crippen molar-refractivity contribution in [1.82, 2.24) is 4.98 Å². The number of thioether (sulfide) groups is 1. The van der Waals surface area contributed by atoms with Gasteiger partial charge in [0.05, 0.1) is 24.5 Å². The summed E-state index contributed by atoms with van der Waals surface area (Å²) in [5.41, 5.74) is 0.699. The number of rotatable bonds is 3. The van der Waals surface area contributed by atoms with Crippen molar-refractivity contribution >= 4 is 11.8 Å². The monoisotopic (exact) mass is 295 g/mol. The number of aliphatic hydroxyl groups excluding tert-OH is 1. The van der Waals surface area contributed by atoms with Crippen LogP contribution in [0.25, 0.3) is 0 Å². The van der Waals surface area contributed by atoms with Crippen molar-refractivity contribution in [2.45, 2.75) is 31.0 Å². The highest BCUT2D eigenvalue weighted by Gasteiger charge is 2.42. The first-order valence-corrected chi connectivity index (χ1v) is 8.29. The first-order valence-electron chi connectivity index (χ1n) is 7.13. The highest BCUT2D eigenvalue weighted by Crippen LogP contribution is 2.43. The van der Waals surface area contributed by atoms with Crippen molar-refractivity contribution in [1.29, 1.82) is 0 Å². The van der Waals surface area contributed by atoms with Crippen molar-refractivity contribution in [3.05, 3.63) is 23.9 Å². The summed E-state index contributed by atoms with van der Waals surface area (Å²) in [5, 5.41) is 10.6. The molecule has 1 spiro atoms. The van der Waals surface area contributed by atoms with Crippen LogP contribution in [0.2, 0.25) is 0 Å². The molecule has 3 heterocycles. The fourth-order valence-corrected chi connectivity index (χ4v) is 4.53. The molecule has 3 atom stereocenters. The lowest BCUT2D eigenvalue weighted by atomic mass is 9.81. The zero-order valence-corrected chi connectivity index (χ0v) is 12.6. The number of aliphatic hydroxyl groups is 1. The molecule has 2 saturated heterocycles. The van der Waals surface area contributed by atoms with Gasteiger partial charge in [0, 0.05) is 18.4 Å². The Hall–Kier alpha value is -0.780. The van der Waals surface area contributed by atoms with E-state index in [4.69, 9.17) is 9.47 Å². The predicted molar refractivity (Wildman–Crippen MR) is 79.1 cm³/mol. The number of ether oxygens (including phenoxy) is 2. The average molecular weight is 295 g/mol. The van der Waals surface area contributed by atoms with Crippen molar-refractivity contribution in [3.63, 3.8) is 0 Å². The number of aromatic nitrogens is 1. The van der Waals surface area contributed by atoms with E-state index in [0.29, 0.717) is 11.6 Å². The number of methoxy groups -OCH3 is 1. The maximum atomic E-state index is 10.6. The quantitative estimate of drug-likeness (QED) is 0.928. The smallest absolute Gasteiger partial charge is 0.213 e. The van der Waals surface area contributed by atoms with Crippen LogP contribution in [-0.4, -0.2) is 40.9 Å². The maximum Gasteiger partial charge on any atom is 0.213 e. The molecule has 5 heteroatoms. The second-order valence-corrected chi connectivity index (χ2v) is 6.74. The summed E-state index contributed by atoms with van der Waals surface area (Å²) >= 11 is 1.95. The number of pyridine rings is 1. The van der Waals surface area contributed by atoms with Crippen molar-refractivity contribution in [2.75, 3.05) is 25.2 Å². The first-order chi connectivity index (χ1) is 9.72. The Balaban J connectivity index is 1.74. The third-order valence-corrected chi connectivity index (χ3v) is 5.53. The van der Waals surface area contributed by atoms with E-state index in [1.165, 1.54) is 5.75 Å². The molecule has 0 bridgehead atoms. The molecule has 4 nitrogen and oxygen atoms in total. The van der Waals surface area contributed by atoms with Gasteiger partial charge in [0.15, 0.2) is 0 Å². The molecule has 1 N–H and O–H groups in total. The minimum absolute atomic E-state index is 0.00652. The topological polar surface area (TPSA) is 51.6 Å². The molecule has 0 radical (unpaired) electrons. The normalized spacial score (nSPS) is 31.4. The van der Waals surface area contributed by atoms with Gasteiger partial charge in [-0.3, -0.25) is 0 Å². The summed E-state index contributed by atoms with van der Waals surface area (Å²) in [6.07, 6.45) is 2.40. The Bertz CT molecular complexity index is 462. The van der Waals surface area contributed by atoms with E-state index in [-0.39, 0.29) is 11.5 Å². The number of hydrogen-bond donors (Lipinski definition) is 1. The summed E-state index contributed by atoms with van der Waals surface area (Å²) in [6, 6.07) is 5.55. The van der Waals surface area contributed by atoms with E-state index < -0.39 is 6.10 Å². The van der Waals surface area contributed by atoms with Crippen LogP contribution in [0.4, 0.5) is 0 Å². The van der Waals surface area contributed by atoms with Gasteiger partial charge >= 0.3 is 0 Å². The molecule has 0 amide bonds. The molecular weight excluding hydrogens is 274 g/mol. The molecule has 2 aliphatic rings. The Morgan fingerprint density at radius 1 is 1.55 bits per heavy atom. The van der Waals surface area contributed by atoms with Gasteiger partial charge in [0.1, 0.15) is 0 Å². The Labute approximate surface area is 123 Å². The van der Waals surface area contributed by atoms with Gasteiger partial charge in [0.25, 0.3) is 0 Å². The zero-order chi connectivity index (χ0) is 14.0. The number of nitrogens with zero attached hydrogens (tertiary/aromatic N) is 1. The lowest BCUT2D eigenvalue weighted by Gasteiger charge is -2.39.